The summed E-state index contributed by atoms with van der Waals surface area (Å²) in [6.07, 6.45) is 0. The topological polar surface area (TPSA) is 125 Å². The van der Waals surface area contributed by atoms with Crippen molar-refractivity contribution in [2.45, 2.75) is 27.7 Å². The first-order chi connectivity index (χ1) is 17.0. The highest BCUT2D eigenvalue weighted by Crippen LogP contribution is 2.33. The summed E-state index contributed by atoms with van der Waals surface area (Å²) in [6, 6.07) is 14.4. The van der Waals surface area contributed by atoms with Crippen LogP contribution in [0.1, 0.15) is 56.0 Å². The van der Waals surface area contributed by atoms with Gasteiger partial charge in [0.2, 0.25) is 11.8 Å². The minimum Gasteiger partial charge on any atom is -0.326 e. The highest BCUT2D eigenvalue weighted by molar-refractivity contribution is 6.35. The fraction of sp³-hybridized carbons (Fsp3) is 0.148. The standard InChI is InChI=1S/C27H24N4O5/c1-14-5-8-19(12-23(14)29-17(4)33)30-25(34)18-7-10-21-22(11-18)27(36)31(26(21)35)24-13-20(28-16(3)32)9-6-15(24)2/h5-13H,1-4H3,(H,28,32)(H,29,33)(H,30,34). The third-order valence-electron chi connectivity index (χ3n) is 5.73. The summed E-state index contributed by atoms with van der Waals surface area (Å²) in [7, 11) is 0. The Kier molecular flexibility index (Phi) is 6.39. The van der Waals surface area contributed by atoms with E-state index in [9.17, 15) is 24.0 Å². The molecule has 0 unspecified atom stereocenters. The molecule has 0 bridgehead atoms. The van der Waals surface area contributed by atoms with Gasteiger partial charge in [-0.25, -0.2) is 4.90 Å². The molecule has 0 spiro atoms. The van der Waals surface area contributed by atoms with Crippen molar-refractivity contribution in [3.8, 4) is 0 Å². The molecule has 3 aromatic rings. The van der Waals surface area contributed by atoms with Crippen LogP contribution in [0.3, 0.4) is 0 Å². The van der Waals surface area contributed by atoms with E-state index >= 15 is 0 Å². The molecule has 5 amide bonds. The molecule has 1 heterocycles. The maximum Gasteiger partial charge on any atom is 0.266 e. The Morgan fingerprint density at radius 1 is 0.667 bits per heavy atom. The Labute approximate surface area is 207 Å². The molecule has 0 radical (unpaired) electrons. The largest absolute Gasteiger partial charge is 0.326 e. The van der Waals surface area contributed by atoms with Crippen LogP contribution < -0.4 is 20.9 Å². The predicted octanol–water partition coefficient (Wildman–Crippen LogP) is 4.27. The van der Waals surface area contributed by atoms with Gasteiger partial charge in [-0.15, -0.1) is 0 Å². The average Bonchev–Trinajstić information content (AvgIpc) is 3.06. The van der Waals surface area contributed by atoms with E-state index in [-0.39, 0.29) is 28.5 Å². The van der Waals surface area contributed by atoms with Gasteiger partial charge in [-0.3, -0.25) is 24.0 Å². The molecule has 0 saturated heterocycles. The number of benzene rings is 3. The predicted molar refractivity (Wildman–Crippen MR) is 137 cm³/mol. The van der Waals surface area contributed by atoms with Crippen molar-refractivity contribution in [2.75, 3.05) is 20.9 Å². The van der Waals surface area contributed by atoms with Crippen LogP contribution in [0, 0.1) is 13.8 Å². The summed E-state index contributed by atoms with van der Waals surface area (Å²) in [5, 5.41) is 8.11. The van der Waals surface area contributed by atoms with Gasteiger partial charge in [0, 0.05) is 36.5 Å². The summed E-state index contributed by atoms with van der Waals surface area (Å²) < 4.78 is 0. The molecule has 1 aliphatic rings. The summed E-state index contributed by atoms with van der Waals surface area (Å²) >= 11 is 0. The lowest BCUT2D eigenvalue weighted by molar-refractivity contribution is -0.115. The summed E-state index contributed by atoms with van der Waals surface area (Å²) in [5.41, 5.74) is 3.84. The summed E-state index contributed by atoms with van der Waals surface area (Å²) in [5.74, 6) is -2.05. The number of rotatable bonds is 5. The van der Waals surface area contributed by atoms with Crippen LogP contribution in [0.25, 0.3) is 0 Å². The Hall–Kier alpha value is -4.79. The van der Waals surface area contributed by atoms with E-state index in [1.54, 1.807) is 43.3 Å². The number of amides is 5. The summed E-state index contributed by atoms with van der Waals surface area (Å²) in [4.78, 5) is 63.2. The number of aryl methyl sites for hydroxylation is 2. The van der Waals surface area contributed by atoms with Crippen molar-refractivity contribution >= 4 is 52.3 Å². The molecular weight excluding hydrogens is 460 g/mol. The van der Waals surface area contributed by atoms with E-state index in [2.05, 4.69) is 16.0 Å². The van der Waals surface area contributed by atoms with Crippen LogP contribution in [0.15, 0.2) is 54.6 Å². The minimum absolute atomic E-state index is 0.111. The zero-order valence-corrected chi connectivity index (χ0v) is 20.2. The number of nitrogens with zero attached hydrogens (tertiary/aromatic N) is 1. The number of nitrogens with one attached hydrogen (secondary N) is 3. The van der Waals surface area contributed by atoms with Gasteiger partial charge >= 0.3 is 0 Å². The van der Waals surface area contributed by atoms with Gasteiger partial charge < -0.3 is 16.0 Å². The summed E-state index contributed by atoms with van der Waals surface area (Å²) in [6.45, 7) is 6.35. The average molecular weight is 485 g/mol. The molecule has 1 aliphatic heterocycles. The molecule has 0 aromatic heterocycles. The zero-order chi connectivity index (χ0) is 26.1. The van der Waals surface area contributed by atoms with Crippen LogP contribution in [0.2, 0.25) is 0 Å². The molecule has 3 N–H and O–H groups in total. The Bertz CT molecular complexity index is 1460. The third-order valence-corrected chi connectivity index (χ3v) is 5.73. The van der Waals surface area contributed by atoms with Gasteiger partial charge in [-0.1, -0.05) is 12.1 Å². The van der Waals surface area contributed by atoms with Gasteiger partial charge in [-0.2, -0.15) is 0 Å². The number of carbonyl (C=O) groups excluding carboxylic acids is 5. The van der Waals surface area contributed by atoms with E-state index in [4.69, 9.17) is 0 Å². The molecule has 182 valence electrons. The maximum absolute atomic E-state index is 13.3. The first kappa shape index (κ1) is 24.3. The first-order valence-electron chi connectivity index (χ1n) is 11.2. The number of hydrogen-bond donors (Lipinski definition) is 3. The smallest absolute Gasteiger partial charge is 0.266 e. The quantitative estimate of drug-likeness (QED) is 0.467. The van der Waals surface area contributed by atoms with E-state index in [0.29, 0.717) is 28.3 Å². The van der Waals surface area contributed by atoms with Crippen molar-refractivity contribution < 1.29 is 24.0 Å². The normalized spacial score (nSPS) is 12.3. The van der Waals surface area contributed by atoms with Crippen LogP contribution in [-0.2, 0) is 9.59 Å². The number of anilines is 4. The second kappa shape index (κ2) is 9.46. The van der Waals surface area contributed by atoms with Gasteiger partial charge in [0.05, 0.1) is 16.8 Å². The maximum atomic E-state index is 13.3. The molecule has 0 saturated carbocycles. The van der Waals surface area contributed by atoms with Crippen LogP contribution in [-0.4, -0.2) is 29.5 Å². The molecule has 9 heteroatoms. The van der Waals surface area contributed by atoms with Gasteiger partial charge in [-0.05, 0) is 67.4 Å². The molecule has 4 rings (SSSR count). The van der Waals surface area contributed by atoms with Crippen LogP contribution in [0.4, 0.5) is 22.7 Å². The lowest BCUT2D eigenvalue weighted by Crippen LogP contribution is -2.30. The fourth-order valence-electron chi connectivity index (χ4n) is 3.96. The first-order valence-corrected chi connectivity index (χ1v) is 11.2. The van der Waals surface area contributed by atoms with Crippen molar-refractivity contribution in [1.82, 2.24) is 0 Å². The lowest BCUT2D eigenvalue weighted by Gasteiger charge is -2.18. The minimum atomic E-state index is -0.559. The molecule has 36 heavy (non-hydrogen) atoms. The number of imide groups is 1. The molecule has 0 atom stereocenters. The molecule has 9 nitrogen and oxygen atoms in total. The van der Waals surface area contributed by atoms with E-state index < -0.39 is 17.7 Å². The van der Waals surface area contributed by atoms with Crippen LogP contribution >= 0.6 is 0 Å². The molecule has 0 fully saturated rings. The SMILES string of the molecule is CC(=O)Nc1ccc(C)c(N2C(=O)c3ccc(C(=O)Nc4ccc(C)c(NC(C)=O)c4)cc3C2=O)c1. The second-order valence-electron chi connectivity index (χ2n) is 8.55. The zero-order valence-electron chi connectivity index (χ0n) is 20.2. The third kappa shape index (κ3) is 4.72. The van der Waals surface area contributed by atoms with E-state index in [1.807, 2.05) is 6.92 Å². The lowest BCUT2D eigenvalue weighted by atomic mass is 10.1. The van der Waals surface area contributed by atoms with Crippen molar-refractivity contribution in [3.63, 3.8) is 0 Å². The van der Waals surface area contributed by atoms with Crippen molar-refractivity contribution in [2.24, 2.45) is 0 Å². The fourth-order valence-corrected chi connectivity index (χ4v) is 3.96. The van der Waals surface area contributed by atoms with Crippen molar-refractivity contribution in [3.05, 3.63) is 82.4 Å². The number of hydrogen-bond acceptors (Lipinski definition) is 5. The van der Waals surface area contributed by atoms with E-state index in [1.165, 1.54) is 32.0 Å². The molecular formula is C27H24N4O5. The second-order valence-corrected chi connectivity index (χ2v) is 8.55. The van der Waals surface area contributed by atoms with E-state index in [0.717, 1.165) is 10.5 Å². The Balaban J connectivity index is 1.61. The molecule has 3 aromatic carbocycles. The number of carbonyl (C=O) groups is 5. The van der Waals surface area contributed by atoms with Crippen molar-refractivity contribution in [1.29, 1.82) is 0 Å². The van der Waals surface area contributed by atoms with Gasteiger partial charge in [0.1, 0.15) is 0 Å². The Morgan fingerprint density at radius 3 is 1.94 bits per heavy atom. The van der Waals surface area contributed by atoms with Crippen LogP contribution in [0.5, 0.6) is 0 Å². The number of fused-ring (bicyclic) bond motifs is 1. The van der Waals surface area contributed by atoms with Gasteiger partial charge in [0.25, 0.3) is 17.7 Å². The highest BCUT2D eigenvalue weighted by atomic mass is 16.2. The monoisotopic (exact) mass is 484 g/mol. The van der Waals surface area contributed by atoms with Gasteiger partial charge in [0.15, 0.2) is 0 Å². The Morgan fingerprint density at radius 2 is 1.28 bits per heavy atom. The molecule has 0 aliphatic carbocycles. The highest BCUT2D eigenvalue weighted by Gasteiger charge is 2.38.